The summed E-state index contributed by atoms with van der Waals surface area (Å²) in [5, 5.41) is 8.67. The molecule has 0 heterocycles. The lowest BCUT2D eigenvalue weighted by Crippen LogP contribution is -2.19. The number of aliphatic carboxylic acids is 1. The Morgan fingerprint density at radius 2 is 1.21 bits per heavy atom. The maximum Gasteiger partial charge on any atom is 0.303 e. The van der Waals surface area contributed by atoms with E-state index in [1.807, 2.05) is 0 Å². The van der Waals surface area contributed by atoms with Crippen molar-refractivity contribution in [3.05, 3.63) is 0 Å². The third-order valence-electron chi connectivity index (χ3n) is 5.96. The first-order valence-corrected chi connectivity index (χ1v) is 11.0. The van der Waals surface area contributed by atoms with Crippen LogP contribution in [-0.4, -0.2) is 11.1 Å². The number of carboxylic acid groups (broad SMARTS) is 1. The van der Waals surface area contributed by atoms with Crippen molar-refractivity contribution in [3.63, 3.8) is 0 Å². The standard InChI is InChI=1S/C22H42O2/c1-2-3-4-5-6-7-10-15-20-17-13-14-18-21(20)16-11-8-9-12-19-22(23)24/h20-21H,2-19H2,1H3,(H,23,24). The molecule has 2 unspecified atom stereocenters. The van der Waals surface area contributed by atoms with Crippen LogP contribution in [0, 0.1) is 11.8 Å². The van der Waals surface area contributed by atoms with Gasteiger partial charge in [-0.05, 0) is 18.3 Å². The minimum Gasteiger partial charge on any atom is -0.481 e. The molecular weight excluding hydrogens is 296 g/mol. The zero-order chi connectivity index (χ0) is 17.5. The van der Waals surface area contributed by atoms with Crippen molar-refractivity contribution >= 4 is 5.97 Å². The van der Waals surface area contributed by atoms with Gasteiger partial charge in [-0.15, -0.1) is 0 Å². The van der Waals surface area contributed by atoms with Gasteiger partial charge in [0.15, 0.2) is 0 Å². The van der Waals surface area contributed by atoms with Crippen molar-refractivity contribution in [1.29, 1.82) is 0 Å². The van der Waals surface area contributed by atoms with Crippen LogP contribution in [0.15, 0.2) is 0 Å². The van der Waals surface area contributed by atoms with Crippen molar-refractivity contribution in [2.24, 2.45) is 11.8 Å². The van der Waals surface area contributed by atoms with Crippen molar-refractivity contribution in [2.75, 3.05) is 0 Å². The van der Waals surface area contributed by atoms with E-state index in [1.54, 1.807) is 0 Å². The first kappa shape index (κ1) is 21.5. The van der Waals surface area contributed by atoms with Gasteiger partial charge in [-0.25, -0.2) is 0 Å². The minimum atomic E-state index is -0.642. The summed E-state index contributed by atoms with van der Waals surface area (Å²) >= 11 is 0. The predicted octanol–water partition coefficient (Wildman–Crippen LogP) is 7.36. The van der Waals surface area contributed by atoms with E-state index in [-0.39, 0.29) is 0 Å². The van der Waals surface area contributed by atoms with Crippen molar-refractivity contribution in [1.82, 2.24) is 0 Å². The number of carboxylic acids is 1. The summed E-state index contributed by atoms with van der Waals surface area (Å²) in [5.41, 5.74) is 0. The SMILES string of the molecule is CCCCCCCCCC1CCCCC1CCCCCCC(=O)O. The normalized spacial score (nSPS) is 21.0. The fourth-order valence-corrected chi connectivity index (χ4v) is 4.44. The second kappa shape index (κ2) is 14.8. The molecule has 1 saturated carbocycles. The van der Waals surface area contributed by atoms with Crippen LogP contribution in [0.5, 0.6) is 0 Å². The van der Waals surface area contributed by atoms with Crippen LogP contribution in [0.2, 0.25) is 0 Å². The van der Waals surface area contributed by atoms with Gasteiger partial charge < -0.3 is 5.11 Å². The number of carbonyl (C=O) groups is 1. The Morgan fingerprint density at radius 1 is 0.750 bits per heavy atom. The fourth-order valence-electron chi connectivity index (χ4n) is 4.44. The van der Waals surface area contributed by atoms with Crippen LogP contribution in [0.3, 0.4) is 0 Å². The number of hydrogen-bond acceptors (Lipinski definition) is 1. The lowest BCUT2D eigenvalue weighted by molar-refractivity contribution is -0.137. The molecule has 0 saturated heterocycles. The third-order valence-corrected chi connectivity index (χ3v) is 5.96. The Bertz CT molecular complexity index is 300. The molecule has 2 nitrogen and oxygen atoms in total. The van der Waals surface area contributed by atoms with Crippen LogP contribution in [0.1, 0.15) is 122 Å². The molecular formula is C22H42O2. The predicted molar refractivity (Wildman–Crippen MR) is 103 cm³/mol. The summed E-state index contributed by atoms with van der Waals surface area (Å²) < 4.78 is 0. The van der Waals surface area contributed by atoms with E-state index >= 15 is 0 Å². The van der Waals surface area contributed by atoms with Gasteiger partial charge in [-0.1, -0.05) is 110 Å². The quantitative estimate of drug-likeness (QED) is 0.317. The summed E-state index contributed by atoms with van der Waals surface area (Å²) in [4.78, 5) is 10.5. The van der Waals surface area contributed by atoms with Gasteiger partial charge in [0.25, 0.3) is 0 Å². The van der Waals surface area contributed by atoms with Gasteiger partial charge in [-0.3, -0.25) is 4.79 Å². The highest BCUT2D eigenvalue weighted by Gasteiger charge is 2.23. The molecule has 0 aromatic carbocycles. The van der Waals surface area contributed by atoms with Crippen LogP contribution in [0.4, 0.5) is 0 Å². The lowest BCUT2D eigenvalue weighted by Gasteiger charge is -2.32. The zero-order valence-corrected chi connectivity index (χ0v) is 16.2. The van der Waals surface area contributed by atoms with E-state index in [9.17, 15) is 4.79 Å². The first-order valence-electron chi connectivity index (χ1n) is 11.0. The topological polar surface area (TPSA) is 37.3 Å². The number of hydrogen-bond donors (Lipinski definition) is 1. The molecule has 0 bridgehead atoms. The minimum absolute atomic E-state index is 0.351. The van der Waals surface area contributed by atoms with Crippen molar-refractivity contribution in [2.45, 2.75) is 122 Å². The Morgan fingerprint density at radius 3 is 1.71 bits per heavy atom. The van der Waals surface area contributed by atoms with Gasteiger partial charge in [0, 0.05) is 6.42 Å². The maximum absolute atomic E-state index is 10.5. The van der Waals surface area contributed by atoms with Crippen LogP contribution >= 0.6 is 0 Å². The van der Waals surface area contributed by atoms with E-state index in [4.69, 9.17) is 5.11 Å². The van der Waals surface area contributed by atoms with Crippen molar-refractivity contribution in [3.8, 4) is 0 Å². The molecule has 1 aliphatic carbocycles. The molecule has 2 atom stereocenters. The highest BCUT2D eigenvalue weighted by molar-refractivity contribution is 5.66. The maximum atomic E-state index is 10.5. The van der Waals surface area contributed by atoms with Crippen LogP contribution in [0.25, 0.3) is 0 Å². The molecule has 1 N–H and O–H groups in total. The molecule has 1 aliphatic rings. The molecule has 0 amide bonds. The third kappa shape index (κ3) is 11.1. The van der Waals surface area contributed by atoms with Crippen LogP contribution in [-0.2, 0) is 4.79 Å². The van der Waals surface area contributed by atoms with Gasteiger partial charge in [0.05, 0.1) is 0 Å². The zero-order valence-electron chi connectivity index (χ0n) is 16.2. The summed E-state index contributed by atoms with van der Waals surface area (Å²) in [6, 6.07) is 0. The van der Waals surface area contributed by atoms with E-state index in [0.717, 1.165) is 24.7 Å². The summed E-state index contributed by atoms with van der Waals surface area (Å²) in [6.07, 6.45) is 23.5. The molecule has 0 radical (unpaired) electrons. The van der Waals surface area contributed by atoms with E-state index in [0.29, 0.717) is 6.42 Å². The van der Waals surface area contributed by atoms with Gasteiger partial charge in [0.2, 0.25) is 0 Å². The Kier molecular flexibility index (Phi) is 13.3. The van der Waals surface area contributed by atoms with Crippen molar-refractivity contribution < 1.29 is 9.90 Å². The molecule has 2 heteroatoms. The number of rotatable bonds is 15. The summed E-state index contributed by atoms with van der Waals surface area (Å²) in [6.45, 7) is 2.29. The Labute approximate surface area is 150 Å². The van der Waals surface area contributed by atoms with Crippen LogP contribution < -0.4 is 0 Å². The molecule has 0 aliphatic heterocycles. The highest BCUT2D eigenvalue weighted by Crippen LogP contribution is 2.36. The molecule has 0 aromatic rings. The number of unbranched alkanes of at least 4 members (excludes halogenated alkanes) is 9. The average molecular weight is 339 g/mol. The van der Waals surface area contributed by atoms with E-state index < -0.39 is 5.97 Å². The van der Waals surface area contributed by atoms with E-state index in [1.165, 1.54) is 96.3 Å². The first-order chi connectivity index (χ1) is 11.7. The van der Waals surface area contributed by atoms with Gasteiger partial charge in [0.1, 0.15) is 0 Å². The largest absolute Gasteiger partial charge is 0.481 e. The Balaban J connectivity index is 2.05. The fraction of sp³-hybridized carbons (Fsp3) is 0.955. The van der Waals surface area contributed by atoms with Gasteiger partial charge in [-0.2, -0.15) is 0 Å². The molecule has 1 rings (SSSR count). The molecule has 0 spiro atoms. The molecule has 1 fully saturated rings. The summed E-state index contributed by atoms with van der Waals surface area (Å²) in [7, 11) is 0. The highest BCUT2D eigenvalue weighted by atomic mass is 16.4. The Hall–Kier alpha value is -0.530. The average Bonchev–Trinajstić information content (AvgIpc) is 2.58. The second-order valence-electron chi connectivity index (χ2n) is 8.06. The summed E-state index contributed by atoms with van der Waals surface area (Å²) in [5.74, 6) is 1.32. The smallest absolute Gasteiger partial charge is 0.303 e. The molecule has 24 heavy (non-hydrogen) atoms. The lowest BCUT2D eigenvalue weighted by atomic mass is 9.74. The molecule has 142 valence electrons. The molecule has 0 aromatic heterocycles. The van der Waals surface area contributed by atoms with E-state index in [2.05, 4.69) is 6.92 Å². The van der Waals surface area contributed by atoms with Gasteiger partial charge >= 0.3 is 5.97 Å². The second-order valence-corrected chi connectivity index (χ2v) is 8.06. The monoisotopic (exact) mass is 338 g/mol.